The summed E-state index contributed by atoms with van der Waals surface area (Å²) in [4.78, 5) is 19.8. The number of imidazole rings is 1. The Morgan fingerprint density at radius 3 is 2.64 bits per heavy atom. The minimum Gasteiger partial charge on any atom is -0.310 e. The van der Waals surface area contributed by atoms with E-state index in [1.807, 2.05) is 0 Å². The Morgan fingerprint density at radius 2 is 2.04 bits per heavy atom. The Morgan fingerprint density at radius 1 is 1.32 bits per heavy atom. The van der Waals surface area contributed by atoms with Crippen molar-refractivity contribution < 1.29 is 22.4 Å². The van der Waals surface area contributed by atoms with Crippen LogP contribution in [0, 0.1) is 12.7 Å². The van der Waals surface area contributed by atoms with E-state index in [1.54, 1.807) is 11.5 Å². The number of carbonyl (C=O) groups excluding carboxylic acids is 1. The average Bonchev–Trinajstić information content (AvgIpc) is 3.06. The van der Waals surface area contributed by atoms with Crippen molar-refractivity contribution in [1.29, 1.82) is 0 Å². The summed E-state index contributed by atoms with van der Waals surface area (Å²) in [6.07, 6.45) is -4.61. The van der Waals surface area contributed by atoms with Gasteiger partial charge < -0.3 is 4.57 Å². The normalized spacial score (nSPS) is 11.9. The molecule has 0 aliphatic carbocycles. The standard InChI is InChI=1S/C15H12F4N4OS/c1-3-23-10-6-8(16)4-5-9(10)21-14(23)22-12(24)11-7(2)20-13(25-11)15(17,18)19/h4-6H,3H2,1-2H3,(H,21,22,24). The van der Waals surface area contributed by atoms with Gasteiger partial charge in [0.15, 0.2) is 5.01 Å². The Bertz CT molecular complexity index is 960. The molecule has 0 saturated carbocycles. The predicted octanol–water partition coefficient (Wildman–Crippen LogP) is 4.23. The van der Waals surface area contributed by atoms with Crippen LogP contribution in [0.4, 0.5) is 23.5 Å². The van der Waals surface area contributed by atoms with Gasteiger partial charge in [0.05, 0.1) is 16.7 Å². The number of nitrogens with zero attached hydrogens (tertiary/aromatic N) is 3. The number of nitrogens with one attached hydrogen (secondary N) is 1. The molecule has 2 aromatic heterocycles. The molecule has 5 nitrogen and oxygen atoms in total. The number of rotatable bonds is 3. The first-order valence-corrected chi connectivity index (χ1v) is 8.04. The molecule has 1 aromatic carbocycles. The second-order valence-electron chi connectivity index (χ2n) is 5.20. The molecule has 0 atom stereocenters. The summed E-state index contributed by atoms with van der Waals surface area (Å²) in [6.45, 7) is 3.51. The zero-order valence-corrected chi connectivity index (χ0v) is 13.9. The first-order valence-electron chi connectivity index (χ1n) is 7.22. The van der Waals surface area contributed by atoms with Crippen molar-refractivity contribution in [3.63, 3.8) is 0 Å². The van der Waals surface area contributed by atoms with E-state index in [9.17, 15) is 22.4 Å². The molecule has 3 rings (SSSR count). The lowest BCUT2D eigenvalue weighted by Crippen LogP contribution is -2.15. The molecular weight excluding hydrogens is 360 g/mol. The third-order valence-corrected chi connectivity index (χ3v) is 4.70. The Kier molecular flexibility index (Phi) is 4.23. The van der Waals surface area contributed by atoms with Crippen LogP contribution in [0.1, 0.15) is 27.3 Å². The maximum atomic E-state index is 13.4. The van der Waals surface area contributed by atoms with E-state index >= 15 is 0 Å². The number of amides is 1. The number of benzene rings is 1. The fourth-order valence-corrected chi connectivity index (χ4v) is 3.23. The third kappa shape index (κ3) is 3.21. The second-order valence-corrected chi connectivity index (χ2v) is 6.20. The van der Waals surface area contributed by atoms with Gasteiger partial charge in [-0.25, -0.2) is 14.4 Å². The van der Waals surface area contributed by atoms with Gasteiger partial charge in [-0.3, -0.25) is 10.1 Å². The number of alkyl halides is 3. The van der Waals surface area contributed by atoms with E-state index in [-0.39, 0.29) is 27.9 Å². The number of aryl methyl sites for hydroxylation is 2. The number of fused-ring (bicyclic) bond motifs is 1. The quantitative estimate of drug-likeness (QED) is 0.700. The molecule has 10 heteroatoms. The first-order chi connectivity index (χ1) is 11.7. The molecule has 0 aliphatic heterocycles. The molecule has 132 valence electrons. The molecule has 3 aromatic rings. The highest BCUT2D eigenvalue weighted by Gasteiger charge is 2.36. The van der Waals surface area contributed by atoms with Gasteiger partial charge in [-0.05, 0) is 32.0 Å². The van der Waals surface area contributed by atoms with Gasteiger partial charge >= 0.3 is 6.18 Å². The maximum absolute atomic E-state index is 13.4. The number of hydrogen-bond acceptors (Lipinski definition) is 4. The molecule has 1 N–H and O–H groups in total. The fourth-order valence-electron chi connectivity index (χ4n) is 2.40. The topological polar surface area (TPSA) is 59.8 Å². The molecule has 0 saturated heterocycles. The van der Waals surface area contributed by atoms with Crippen molar-refractivity contribution in [2.45, 2.75) is 26.6 Å². The lowest BCUT2D eigenvalue weighted by Gasteiger charge is -2.07. The molecule has 2 heterocycles. The van der Waals surface area contributed by atoms with E-state index < -0.39 is 22.9 Å². The average molecular weight is 372 g/mol. The van der Waals surface area contributed by atoms with Crippen LogP contribution in [0.15, 0.2) is 18.2 Å². The van der Waals surface area contributed by atoms with E-state index in [4.69, 9.17) is 0 Å². The van der Waals surface area contributed by atoms with Gasteiger partial charge in [0.1, 0.15) is 10.7 Å². The third-order valence-electron chi connectivity index (χ3n) is 3.50. The van der Waals surface area contributed by atoms with Gasteiger partial charge in [0.2, 0.25) is 5.95 Å². The highest BCUT2D eigenvalue weighted by atomic mass is 32.1. The zero-order chi connectivity index (χ0) is 18.4. The van der Waals surface area contributed by atoms with E-state index in [0.717, 1.165) is 0 Å². The number of hydrogen-bond donors (Lipinski definition) is 1. The summed E-state index contributed by atoms with van der Waals surface area (Å²) >= 11 is 0.271. The first kappa shape index (κ1) is 17.3. The Labute approximate surface area is 143 Å². The fraction of sp³-hybridized carbons (Fsp3) is 0.267. The van der Waals surface area contributed by atoms with Crippen LogP contribution in [0.2, 0.25) is 0 Å². The zero-order valence-electron chi connectivity index (χ0n) is 13.1. The highest BCUT2D eigenvalue weighted by Crippen LogP contribution is 2.34. The van der Waals surface area contributed by atoms with Crippen molar-refractivity contribution >= 4 is 34.2 Å². The Balaban J connectivity index is 1.96. The number of aromatic nitrogens is 3. The van der Waals surface area contributed by atoms with Gasteiger partial charge in [-0.15, -0.1) is 11.3 Å². The maximum Gasteiger partial charge on any atom is 0.443 e. The molecule has 0 bridgehead atoms. The van der Waals surface area contributed by atoms with Crippen LogP contribution >= 0.6 is 11.3 Å². The predicted molar refractivity (Wildman–Crippen MR) is 85.2 cm³/mol. The van der Waals surface area contributed by atoms with Crippen LogP contribution < -0.4 is 5.32 Å². The number of carbonyl (C=O) groups is 1. The summed E-state index contributed by atoms with van der Waals surface area (Å²) < 4.78 is 53.2. The highest BCUT2D eigenvalue weighted by molar-refractivity contribution is 7.14. The van der Waals surface area contributed by atoms with Gasteiger partial charge in [0, 0.05) is 6.54 Å². The number of anilines is 1. The van der Waals surface area contributed by atoms with Crippen LogP contribution in [-0.4, -0.2) is 20.4 Å². The minimum atomic E-state index is -4.61. The van der Waals surface area contributed by atoms with Gasteiger partial charge in [-0.1, -0.05) is 0 Å². The van der Waals surface area contributed by atoms with Crippen molar-refractivity contribution in [1.82, 2.24) is 14.5 Å². The molecule has 25 heavy (non-hydrogen) atoms. The minimum absolute atomic E-state index is 0.0139. The van der Waals surface area contributed by atoms with Crippen LogP contribution in [0.5, 0.6) is 0 Å². The van der Waals surface area contributed by atoms with Crippen LogP contribution in [0.3, 0.4) is 0 Å². The molecule has 0 radical (unpaired) electrons. The van der Waals surface area contributed by atoms with Gasteiger partial charge in [0.25, 0.3) is 5.91 Å². The molecule has 0 spiro atoms. The largest absolute Gasteiger partial charge is 0.443 e. The van der Waals surface area contributed by atoms with Crippen LogP contribution in [0.25, 0.3) is 11.0 Å². The number of halogens is 4. The SMILES string of the molecule is CCn1c(NC(=O)c2sc(C(F)(F)F)nc2C)nc2ccc(F)cc21. The molecule has 0 fully saturated rings. The van der Waals surface area contributed by atoms with E-state index in [1.165, 1.54) is 25.1 Å². The summed E-state index contributed by atoms with van der Waals surface area (Å²) in [5.74, 6) is -1.06. The van der Waals surface area contributed by atoms with Crippen LogP contribution in [-0.2, 0) is 12.7 Å². The number of thiazole rings is 1. The summed E-state index contributed by atoms with van der Waals surface area (Å²) in [7, 11) is 0. The van der Waals surface area contributed by atoms with Crippen molar-refractivity contribution in [2.75, 3.05) is 5.32 Å². The second kappa shape index (κ2) is 6.10. The van der Waals surface area contributed by atoms with Crippen molar-refractivity contribution in [3.8, 4) is 0 Å². The lowest BCUT2D eigenvalue weighted by atomic mass is 10.3. The van der Waals surface area contributed by atoms with E-state index in [2.05, 4.69) is 15.3 Å². The van der Waals surface area contributed by atoms with Gasteiger partial charge in [-0.2, -0.15) is 13.2 Å². The molecular formula is C15H12F4N4OS. The van der Waals surface area contributed by atoms with Crippen molar-refractivity contribution in [2.24, 2.45) is 0 Å². The Hall–Kier alpha value is -2.49. The summed E-state index contributed by atoms with van der Waals surface area (Å²) in [5.41, 5.74) is 0.936. The summed E-state index contributed by atoms with van der Waals surface area (Å²) in [5, 5.41) is 1.40. The summed E-state index contributed by atoms with van der Waals surface area (Å²) in [6, 6.07) is 3.98. The molecule has 0 aliphatic rings. The molecule has 0 unspecified atom stereocenters. The monoisotopic (exact) mass is 372 g/mol. The lowest BCUT2D eigenvalue weighted by molar-refractivity contribution is -0.137. The van der Waals surface area contributed by atoms with Crippen molar-refractivity contribution in [3.05, 3.63) is 39.6 Å². The molecule has 1 amide bonds. The smallest absolute Gasteiger partial charge is 0.310 e. The van der Waals surface area contributed by atoms with E-state index in [0.29, 0.717) is 17.6 Å².